The predicted molar refractivity (Wildman–Crippen MR) is 145 cm³/mol. The Morgan fingerprint density at radius 3 is 2.09 bits per heavy atom. The van der Waals surface area contributed by atoms with Crippen molar-refractivity contribution in [3.05, 3.63) is 77.4 Å². The summed E-state index contributed by atoms with van der Waals surface area (Å²) in [5.74, 6) is 0.651. The van der Waals surface area contributed by atoms with Crippen molar-refractivity contribution in [3.8, 4) is 0 Å². The van der Waals surface area contributed by atoms with Crippen LogP contribution < -0.4 is 21.3 Å². The molecule has 0 radical (unpaired) electrons. The second-order valence-electron chi connectivity index (χ2n) is 10.2. The second-order valence-corrected chi connectivity index (χ2v) is 10.2. The third kappa shape index (κ3) is 4.98. The van der Waals surface area contributed by atoms with E-state index < -0.39 is 5.54 Å². The van der Waals surface area contributed by atoms with Crippen molar-refractivity contribution in [2.45, 2.75) is 57.4 Å². The van der Waals surface area contributed by atoms with Crippen LogP contribution in [0.5, 0.6) is 0 Å². The first-order valence-electron chi connectivity index (χ1n) is 13.1. The van der Waals surface area contributed by atoms with Gasteiger partial charge in [-0.25, -0.2) is 9.97 Å². The van der Waals surface area contributed by atoms with Crippen LogP contribution in [0.2, 0.25) is 0 Å². The number of anilines is 3. The van der Waals surface area contributed by atoms with Gasteiger partial charge in [0.25, 0.3) is 0 Å². The lowest BCUT2D eigenvalue weighted by Crippen LogP contribution is -2.44. The molecule has 2 fully saturated rings. The average Bonchev–Trinajstić information content (AvgIpc) is 2.91. The molecule has 2 aliphatic heterocycles. The number of aromatic nitrogens is 2. The molecule has 1 unspecified atom stereocenters. The standard InChI is InChI=1S/C29H38N6/c1-22-9-11-24(26(19-22)34-15-4-2-5-16-34)29(31,28-32-13-8-14-33-28)21-23-10-12-25(30)27(20-23)35-17-6-3-7-18-35/h8-14,19-20H,2-7,15-18,21,30-31H2,1H3. The minimum atomic E-state index is -0.864. The molecule has 5 rings (SSSR count). The molecular weight excluding hydrogens is 432 g/mol. The van der Waals surface area contributed by atoms with Crippen LogP contribution in [0.1, 0.15) is 61.0 Å². The van der Waals surface area contributed by atoms with Gasteiger partial charge in [-0.2, -0.15) is 0 Å². The summed E-state index contributed by atoms with van der Waals surface area (Å²) in [7, 11) is 0. The van der Waals surface area contributed by atoms with E-state index in [9.17, 15) is 0 Å². The van der Waals surface area contributed by atoms with Crippen molar-refractivity contribution >= 4 is 17.1 Å². The van der Waals surface area contributed by atoms with Gasteiger partial charge in [0, 0.05) is 56.2 Å². The molecule has 35 heavy (non-hydrogen) atoms. The summed E-state index contributed by atoms with van der Waals surface area (Å²) in [6, 6.07) is 14.9. The van der Waals surface area contributed by atoms with Crippen molar-refractivity contribution in [2.75, 3.05) is 41.7 Å². The molecule has 0 aliphatic carbocycles. The maximum atomic E-state index is 7.40. The summed E-state index contributed by atoms with van der Waals surface area (Å²) in [5.41, 5.74) is 19.6. The Morgan fingerprint density at radius 2 is 1.43 bits per heavy atom. The van der Waals surface area contributed by atoms with Crippen molar-refractivity contribution in [1.29, 1.82) is 0 Å². The molecule has 6 heteroatoms. The fourth-order valence-corrected chi connectivity index (χ4v) is 5.67. The molecule has 2 saturated heterocycles. The third-order valence-corrected chi connectivity index (χ3v) is 7.57. The Morgan fingerprint density at radius 1 is 0.800 bits per heavy atom. The highest BCUT2D eigenvalue weighted by atomic mass is 15.1. The smallest absolute Gasteiger partial charge is 0.152 e. The Balaban J connectivity index is 1.58. The van der Waals surface area contributed by atoms with E-state index in [-0.39, 0.29) is 0 Å². The van der Waals surface area contributed by atoms with Crippen molar-refractivity contribution in [3.63, 3.8) is 0 Å². The Kier molecular flexibility index (Phi) is 6.91. The lowest BCUT2D eigenvalue weighted by molar-refractivity contribution is 0.493. The summed E-state index contributed by atoms with van der Waals surface area (Å²) in [4.78, 5) is 14.3. The molecule has 3 aromatic rings. The van der Waals surface area contributed by atoms with E-state index in [0.717, 1.165) is 48.7 Å². The van der Waals surface area contributed by atoms with Crippen LogP contribution in [-0.2, 0) is 12.0 Å². The van der Waals surface area contributed by atoms with Crippen molar-refractivity contribution < 1.29 is 0 Å². The van der Waals surface area contributed by atoms with E-state index >= 15 is 0 Å². The minimum Gasteiger partial charge on any atom is -0.397 e. The highest BCUT2D eigenvalue weighted by Crippen LogP contribution is 2.38. The summed E-state index contributed by atoms with van der Waals surface area (Å²) in [6.45, 7) is 6.38. The number of nitrogen functional groups attached to an aromatic ring is 1. The zero-order valence-corrected chi connectivity index (χ0v) is 20.9. The quantitative estimate of drug-likeness (QED) is 0.504. The monoisotopic (exact) mass is 470 g/mol. The molecule has 0 saturated carbocycles. The fourth-order valence-electron chi connectivity index (χ4n) is 5.67. The van der Waals surface area contributed by atoms with Crippen LogP contribution in [0.4, 0.5) is 17.1 Å². The normalized spacial score (nSPS) is 18.3. The Hall–Kier alpha value is -3.12. The van der Waals surface area contributed by atoms with Crippen molar-refractivity contribution in [2.24, 2.45) is 5.73 Å². The molecule has 0 spiro atoms. The maximum Gasteiger partial charge on any atom is 0.152 e. The summed E-state index contributed by atoms with van der Waals surface area (Å²) in [5, 5.41) is 0. The number of hydrogen-bond donors (Lipinski definition) is 2. The fraction of sp³-hybridized carbons (Fsp3) is 0.448. The topological polar surface area (TPSA) is 84.3 Å². The summed E-state index contributed by atoms with van der Waals surface area (Å²) >= 11 is 0. The Labute approximate surface area is 209 Å². The predicted octanol–water partition coefficient (Wildman–Crippen LogP) is 4.79. The third-order valence-electron chi connectivity index (χ3n) is 7.57. The van der Waals surface area contributed by atoms with Gasteiger partial charge in [-0.05, 0) is 80.8 Å². The van der Waals surface area contributed by atoms with Gasteiger partial charge in [0.2, 0.25) is 0 Å². The van der Waals surface area contributed by atoms with E-state index in [1.54, 1.807) is 12.4 Å². The van der Waals surface area contributed by atoms with Crippen LogP contribution in [0.15, 0.2) is 54.9 Å². The van der Waals surface area contributed by atoms with Crippen molar-refractivity contribution in [1.82, 2.24) is 9.97 Å². The van der Waals surface area contributed by atoms with E-state index in [1.165, 1.54) is 49.8 Å². The zero-order chi connectivity index (χ0) is 24.3. The lowest BCUT2D eigenvalue weighted by atomic mass is 9.81. The van der Waals surface area contributed by atoms with E-state index in [2.05, 4.69) is 57.0 Å². The SMILES string of the molecule is Cc1ccc(C(N)(Cc2ccc(N)c(N3CCCCC3)c2)c2ncccn2)c(N2CCCCC2)c1. The number of aryl methyl sites for hydroxylation is 1. The van der Waals surface area contributed by atoms with Gasteiger partial charge in [-0.1, -0.05) is 18.2 Å². The molecule has 184 valence electrons. The molecule has 4 N–H and O–H groups in total. The van der Waals surface area contributed by atoms with Gasteiger partial charge in [0.05, 0.1) is 11.4 Å². The first-order valence-corrected chi connectivity index (χ1v) is 13.1. The highest BCUT2D eigenvalue weighted by Gasteiger charge is 2.36. The Bertz CT molecular complexity index is 1140. The average molecular weight is 471 g/mol. The molecular formula is C29H38N6. The largest absolute Gasteiger partial charge is 0.397 e. The maximum absolute atomic E-state index is 7.40. The van der Waals surface area contributed by atoms with E-state index in [0.29, 0.717) is 12.2 Å². The number of nitrogens with two attached hydrogens (primary N) is 2. The number of piperidine rings is 2. The van der Waals surface area contributed by atoms with Gasteiger partial charge in [0.1, 0.15) is 5.54 Å². The zero-order valence-electron chi connectivity index (χ0n) is 20.9. The number of benzene rings is 2. The first-order chi connectivity index (χ1) is 17.0. The van der Waals surface area contributed by atoms with Gasteiger partial charge in [0.15, 0.2) is 5.82 Å². The molecule has 1 aromatic heterocycles. The molecule has 0 amide bonds. The first kappa shape index (κ1) is 23.6. The molecule has 2 aromatic carbocycles. The molecule has 1 atom stereocenters. The van der Waals surface area contributed by atoms with Crippen LogP contribution in [0, 0.1) is 6.92 Å². The van der Waals surface area contributed by atoms with Crippen LogP contribution in [0.3, 0.4) is 0 Å². The number of nitrogens with zero attached hydrogens (tertiary/aromatic N) is 4. The number of hydrogen-bond acceptors (Lipinski definition) is 6. The molecule has 6 nitrogen and oxygen atoms in total. The molecule has 3 heterocycles. The summed E-state index contributed by atoms with van der Waals surface area (Å²) < 4.78 is 0. The van der Waals surface area contributed by atoms with Gasteiger partial charge in [-0.3, -0.25) is 0 Å². The van der Waals surface area contributed by atoms with Gasteiger partial charge < -0.3 is 21.3 Å². The molecule has 0 bridgehead atoms. The summed E-state index contributed by atoms with van der Waals surface area (Å²) in [6.07, 6.45) is 11.6. The van der Waals surface area contributed by atoms with Crippen LogP contribution >= 0.6 is 0 Å². The highest BCUT2D eigenvalue weighted by molar-refractivity contribution is 5.69. The minimum absolute atomic E-state index is 0.599. The van der Waals surface area contributed by atoms with Gasteiger partial charge in [-0.15, -0.1) is 0 Å². The van der Waals surface area contributed by atoms with E-state index in [1.807, 2.05) is 12.1 Å². The second kappa shape index (κ2) is 10.2. The molecule has 2 aliphatic rings. The van der Waals surface area contributed by atoms with Crippen LogP contribution in [-0.4, -0.2) is 36.1 Å². The van der Waals surface area contributed by atoms with Crippen LogP contribution in [0.25, 0.3) is 0 Å². The number of rotatable bonds is 6. The van der Waals surface area contributed by atoms with E-state index in [4.69, 9.17) is 11.5 Å². The van der Waals surface area contributed by atoms with Gasteiger partial charge >= 0.3 is 0 Å². The lowest BCUT2D eigenvalue weighted by Gasteiger charge is -2.37.